The van der Waals surface area contributed by atoms with Crippen LogP contribution in [0, 0.1) is 30.5 Å². The topological polar surface area (TPSA) is 9.23 Å². The predicted molar refractivity (Wildman–Crippen MR) is 133 cm³/mol. The van der Waals surface area contributed by atoms with Crippen LogP contribution in [0.3, 0.4) is 0 Å². The number of allylic oxidation sites excluding steroid dienone is 2. The molecule has 4 rings (SSSR count). The summed E-state index contributed by atoms with van der Waals surface area (Å²) in [5.74, 6) is 2.97. The molecule has 1 heterocycles. The molecular formula is C30H43FO. The third kappa shape index (κ3) is 5.38. The van der Waals surface area contributed by atoms with E-state index in [-0.39, 0.29) is 11.7 Å². The zero-order valence-corrected chi connectivity index (χ0v) is 20.2. The first-order valence-corrected chi connectivity index (χ1v) is 13.2. The molecule has 32 heavy (non-hydrogen) atoms. The molecule has 2 saturated carbocycles. The van der Waals surface area contributed by atoms with Crippen molar-refractivity contribution in [3.8, 4) is 0 Å². The number of hydrogen-bond donors (Lipinski definition) is 0. The van der Waals surface area contributed by atoms with Crippen molar-refractivity contribution < 1.29 is 9.13 Å². The second kappa shape index (κ2) is 11.1. The van der Waals surface area contributed by atoms with Crippen molar-refractivity contribution in [3.63, 3.8) is 0 Å². The Morgan fingerprint density at radius 1 is 0.906 bits per heavy atom. The first kappa shape index (κ1) is 23.7. The van der Waals surface area contributed by atoms with Crippen LogP contribution in [0.5, 0.6) is 0 Å². The molecule has 0 spiro atoms. The van der Waals surface area contributed by atoms with Gasteiger partial charge in [0, 0.05) is 5.92 Å². The van der Waals surface area contributed by atoms with Crippen LogP contribution >= 0.6 is 0 Å². The Morgan fingerprint density at radius 2 is 1.59 bits per heavy atom. The van der Waals surface area contributed by atoms with E-state index in [0.717, 1.165) is 49.1 Å². The Labute approximate surface area is 195 Å². The second-order valence-electron chi connectivity index (χ2n) is 10.8. The van der Waals surface area contributed by atoms with Gasteiger partial charge in [0.15, 0.2) is 0 Å². The summed E-state index contributed by atoms with van der Waals surface area (Å²) in [6.45, 7) is 10.5. The highest BCUT2D eigenvalue weighted by Gasteiger charge is 2.33. The van der Waals surface area contributed by atoms with E-state index in [4.69, 9.17) is 4.74 Å². The Morgan fingerprint density at radius 3 is 2.22 bits per heavy atom. The molecular weight excluding hydrogens is 395 g/mol. The van der Waals surface area contributed by atoms with Crippen molar-refractivity contribution in [2.24, 2.45) is 17.8 Å². The van der Waals surface area contributed by atoms with Crippen LogP contribution in [0.2, 0.25) is 0 Å². The number of hydrogen-bond acceptors (Lipinski definition) is 1. The van der Waals surface area contributed by atoms with Crippen LogP contribution in [0.25, 0.3) is 0 Å². The monoisotopic (exact) mass is 438 g/mol. The normalized spacial score (nSPS) is 33.6. The number of rotatable bonds is 7. The van der Waals surface area contributed by atoms with Gasteiger partial charge in [0.05, 0.1) is 12.7 Å². The minimum absolute atomic E-state index is 0.0307. The van der Waals surface area contributed by atoms with Crippen molar-refractivity contribution in [2.45, 2.75) is 102 Å². The first-order valence-electron chi connectivity index (χ1n) is 13.2. The lowest BCUT2D eigenvalue weighted by Crippen LogP contribution is -2.33. The molecule has 2 atom stereocenters. The minimum atomic E-state index is 0.0307. The van der Waals surface area contributed by atoms with Gasteiger partial charge in [-0.1, -0.05) is 37.1 Å². The Bertz CT molecular complexity index is 759. The van der Waals surface area contributed by atoms with Crippen molar-refractivity contribution >= 4 is 0 Å². The molecule has 2 unspecified atom stereocenters. The molecule has 0 aromatic heterocycles. The van der Waals surface area contributed by atoms with E-state index in [2.05, 4.69) is 37.4 Å². The first-order chi connectivity index (χ1) is 15.6. The summed E-state index contributed by atoms with van der Waals surface area (Å²) in [7, 11) is 0. The van der Waals surface area contributed by atoms with Gasteiger partial charge >= 0.3 is 0 Å². The molecule has 176 valence electrons. The highest BCUT2D eigenvalue weighted by molar-refractivity contribution is 5.37. The van der Waals surface area contributed by atoms with Gasteiger partial charge < -0.3 is 4.74 Å². The average molecular weight is 439 g/mol. The van der Waals surface area contributed by atoms with E-state index in [0.29, 0.717) is 30.5 Å². The third-order valence-corrected chi connectivity index (χ3v) is 8.95. The van der Waals surface area contributed by atoms with Gasteiger partial charge in [-0.05, 0) is 111 Å². The Hall–Kier alpha value is -1.41. The van der Waals surface area contributed by atoms with E-state index < -0.39 is 0 Å². The third-order valence-electron chi connectivity index (χ3n) is 8.95. The molecule has 0 bridgehead atoms. The molecule has 3 fully saturated rings. The number of halogens is 1. The highest BCUT2D eigenvalue weighted by Crippen LogP contribution is 2.42. The maximum absolute atomic E-state index is 15.5. The average Bonchev–Trinajstić information content (AvgIpc) is 2.85. The van der Waals surface area contributed by atoms with E-state index >= 15 is 4.39 Å². The smallest absolute Gasteiger partial charge is 0.129 e. The summed E-state index contributed by atoms with van der Waals surface area (Å²) in [6.07, 6.45) is 19.1. The van der Waals surface area contributed by atoms with Gasteiger partial charge in [-0.15, -0.1) is 13.2 Å². The predicted octanol–water partition coefficient (Wildman–Crippen LogP) is 8.63. The summed E-state index contributed by atoms with van der Waals surface area (Å²) >= 11 is 0. The summed E-state index contributed by atoms with van der Waals surface area (Å²) < 4.78 is 21.8. The zero-order valence-electron chi connectivity index (χ0n) is 20.2. The van der Waals surface area contributed by atoms with Crippen LogP contribution in [0.1, 0.15) is 106 Å². The van der Waals surface area contributed by atoms with Gasteiger partial charge in [0.2, 0.25) is 0 Å². The van der Waals surface area contributed by atoms with Crippen molar-refractivity contribution in [3.05, 3.63) is 60.0 Å². The van der Waals surface area contributed by atoms with Gasteiger partial charge in [0.25, 0.3) is 0 Å². The summed E-state index contributed by atoms with van der Waals surface area (Å²) in [6, 6.07) is 4.31. The van der Waals surface area contributed by atoms with Crippen molar-refractivity contribution in [1.82, 2.24) is 0 Å². The fourth-order valence-corrected chi connectivity index (χ4v) is 6.74. The van der Waals surface area contributed by atoms with E-state index in [9.17, 15) is 0 Å². The minimum Gasteiger partial charge on any atom is -0.377 e. The van der Waals surface area contributed by atoms with Gasteiger partial charge in [-0.25, -0.2) is 4.39 Å². The highest BCUT2D eigenvalue weighted by atomic mass is 19.1. The van der Waals surface area contributed by atoms with Crippen LogP contribution in [-0.4, -0.2) is 12.7 Å². The lowest BCUT2D eigenvalue weighted by molar-refractivity contribution is -0.0439. The van der Waals surface area contributed by atoms with Crippen LogP contribution < -0.4 is 0 Å². The summed E-state index contributed by atoms with van der Waals surface area (Å²) in [4.78, 5) is 0. The Kier molecular flexibility index (Phi) is 8.27. The van der Waals surface area contributed by atoms with Crippen LogP contribution in [-0.2, 0) is 4.74 Å². The van der Waals surface area contributed by atoms with E-state index in [1.165, 1.54) is 50.5 Å². The zero-order chi connectivity index (χ0) is 22.5. The quantitative estimate of drug-likeness (QED) is 0.387. The SMILES string of the molecule is C=CCCC1CCC(C2CCC(c3ccc(C4CCC(C=C)CC4)c(C)c3F)CO2)CC1. The summed E-state index contributed by atoms with van der Waals surface area (Å²) in [5, 5.41) is 0. The van der Waals surface area contributed by atoms with Crippen molar-refractivity contribution in [1.29, 1.82) is 0 Å². The molecule has 1 aromatic carbocycles. The molecule has 0 radical (unpaired) electrons. The molecule has 1 saturated heterocycles. The van der Waals surface area contributed by atoms with E-state index in [1.807, 2.05) is 6.92 Å². The van der Waals surface area contributed by atoms with Gasteiger partial charge in [0.1, 0.15) is 5.82 Å². The van der Waals surface area contributed by atoms with Crippen LogP contribution in [0.4, 0.5) is 4.39 Å². The molecule has 1 aliphatic heterocycles. The molecule has 2 aliphatic carbocycles. The summed E-state index contributed by atoms with van der Waals surface area (Å²) in [5.41, 5.74) is 3.00. The van der Waals surface area contributed by atoms with Crippen LogP contribution in [0.15, 0.2) is 37.4 Å². The lowest BCUT2D eigenvalue weighted by atomic mass is 9.75. The van der Waals surface area contributed by atoms with Crippen molar-refractivity contribution in [2.75, 3.05) is 6.61 Å². The standard InChI is InChI=1S/C30H43FO/c1-4-6-7-23-10-14-25(15-11-23)29-19-16-26(20-32-29)28-18-17-27(21(3)30(28)31)24-12-8-22(5-2)9-13-24/h4-5,17-18,22-26,29H,1-2,6-16,19-20H2,3H3. The lowest BCUT2D eigenvalue weighted by Gasteiger charge is -2.38. The molecule has 1 nitrogen and oxygen atoms in total. The molecule has 0 N–H and O–H groups in total. The Balaban J connectivity index is 1.31. The number of ether oxygens (including phenoxy) is 1. The van der Waals surface area contributed by atoms with Gasteiger partial charge in [-0.3, -0.25) is 0 Å². The number of benzene rings is 1. The maximum atomic E-state index is 15.5. The molecule has 1 aromatic rings. The fraction of sp³-hybridized carbons (Fsp3) is 0.667. The maximum Gasteiger partial charge on any atom is 0.129 e. The molecule has 0 amide bonds. The fourth-order valence-electron chi connectivity index (χ4n) is 6.74. The van der Waals surface area contributed by atoms with Gasteiger partial charge in [-0.2, -0.15) is 0 Å². The molecule has 2 heteroatoms. The molecule has 3 aliphatic rings. The second-order valence-corrected chi connectivity index (χ2v) is 10.8. The van der Waals surface area contributed by atoms with E-state index in [1.54, 1.807) is 0 Å². The largest absolute Gasteiger partial charge is 0.377 e.